The average molecular weight is 265 g/mol. The highest BCUT2D eigenvalue weighted by Gasteiger charge is 2.38. The molecule has 0 amide bonds. The molecule has 0 aromatic carbocycles. The van der Waals surface area contributed by atoms with E-state index in [1.165, 1.54) is 28.0 Å². The minimum atomic E-state index is 0.347. The molecule has 1 aromatic rings. The zero-order valence-electron chi connectivity index (χ0n) is 12.9. The Labute approximate surface area is 122 Å². The van der Waals surface area contributed by atoms with Crippen LogP contribution in [-0.2, 0) is 0 Å². The summed E-state index contributed by atoms with van der Waals surface area (Å²) in [6.07, 6.45) is 6.78. The molecule has 0 N–H and O–H groups in total. The molecular weight excluding hydrogens is 242 g/mol. The fraction of sp³-hybridized carbons (Fsp3) is 0.421. The Morgan fingerprint density at radius 3 is 2.70 bits per heavy atom. The third-order valence-electron chi connectivity index (χ3n) is 5.00. The second-order valence-electron chi connectivity index (χ2n) is 6.43. The highest BCUT2D eigenvalue weighted by atomic mass is 14.7. The summed E-state index contributed by atoms with van der Waals surface area (Å²) < 4.78 is 0. The maximum atomic E-state index is 4.69. The van der Waals surface area contributed by atoms with Crippen LogP contribution in [0.5, 0.6) is 0 Å². The Morgan fingerprint density at radius 2 is 2.00 bits per heavy atom. The van der Waals surface area contributed by atoms with Crippen molar-refractivity contribution in [2.75, 3.05) is 0 Å². The van der Waals surface area contributed by atoms with Gasteiger partial charge in [-0.25, -0.2) is 0 Å². The van der Waals surface area contributed by atoms with Gasteiger partial charge in [0.05, 0.1) is 5.69 Å². The summed E-state index contributed by atoms with van der Waals surface area (Å²) in [4.78, 5) is 4.69. The van der Waals surface area contributed by atoms with Gasteiger partial charge in [0.2, 0.25) is 0 Å². The van der Waals surface area contributed by atoms with Crippen molar-refractivity contribution in [2.45, 2.75) is 39.5 Å². The minimum absolute atomic E-state index is 0.347. The molecule has 4 unspecified atom stereocenters. The molecule has 0 saturated heterocycles. The summed E-state index contributed by atoms with van der Waals surface area (Å²) in [5, 5.41) is 0. The summed E-state index contributed by atoms with van der Waals surface area (Å²) in [5.41, 5.74) is 6.86. The zero-order chi connectivity index (χ0) is 14.4. The van der Waals surface area contributed by atoms with E-state index in [2.05, 4.69) is 58.6 Å². The molecule has 0 fully saturated rings. The van der Waals surface area contributed by atoms with Crippen molar-refractivity contribution >= 4 is 0 Å². The lowest BCUT2D eigenvalue weighted by molar-refractivity contribution is 0.509. The van der Waals surface area contributed by atoms with E-state index in [0.29, 0.717) is 23.7 Å². The molecule has 0 bridgehead atoms. The highest BCUT2D eigenvalue weighted by molar-refractivity contribution is 5.49. The average Bonchev–Trinajstić information content (AvgIpc) is 2.41. The van der Waals surface area contributed by atoms with Crippen LogP contribution in [0.2, 0.25) is 0 Å². The van der Waals surface area contributed by atoms with Crippen molar-refractivity contribution in [3.8, 4) is 0 Å². The molecule has 1 heteroatoms. The van der Waals surface area contributed by atoms with Gasteiger partial charge in [-0.2, -0.15) is 0 Å². The van der Waals surface area contributed by atoms with Crippen LogP contribution in [0, 0.1) is 11.8 Å². The second kappa shape index (κ2) is 4.73. The van der Waals surface area contributed by atoms with Crippen LogP contribution in [0.1, 0.15) is 50.8 Å². The Balaban J connectivity index is 2.22. The maximum absolute atomic E-state index is 4.69. The highest BCUT2D eigenvalue weighted by Crippen LogP contribution is 2.50. The summed E-state index contributed by atoms with van der Waals surface area (Å²) in [5.74, 6) is 1.79. The van der Waals surface area contributed by atoms with E-state index in [4.69, 9.17) is 4.98 Å². The lowest BCUT2D eigenvalue weighted by Gasteiger charge is -2.40. The number of nitrogens with zero attached hydrogens (tertiary/aromatic N) is 1. The van der Waals surface area contributed by atoms with Crippen LogP contribution in [0.4, 0.5) is 0 Å². The third-order valence-corrected chi connectivity index (χ3v) is 5.00. The van der Waals surface area contributed by atoms with Gasteiger partial charge in [0, 0.05) is 18.0 Å². The summed E-state index contributed by atoms with van der Waals surface area (Å²) in [6, 6.07) is 4.29. The first-order valence-corrected chi connectivity index (χ1v) is 7.50. The van der Waals surface area contributed by atoms with E-state index in [-0.39, 0.29) is 0 Å². The molecule has 1 nitrogen and oxygen atoms in total. The minimum Gasteiger partial charge on any atom is -0.260 e. The lowest BCUT2D eigenvalue weighted by atomic mass is 9.64. The molecule has 1 heterocycles. The van der Waals surface area contributed by atoms with Crippen molar-refractivity contribution in [2.24, 2.45) is 11.8 Å². The van der Waals surface area contributed by atoms with Crippen molar-refractivity contribution in [1.29, 1.82) is 0 Å². The quantitative estimate of drug-likeness (QED) is 0.651. The summed E-state index contributed by atoms with van der Waals surface area (Å²) >= 11 is 0. The van der Waals surface area contributed by atoms with Gasteiger partial charge < -0.3 is 0 Å². The predicted octanol–water partition coefficient (Wildman–Crippen LogP) is 5.00. The first-order valence-electron chi connectivity index (χ1n) is 7.50. The molecule has 0 saturated carbocycles. The first-order chi connectivity index (χ1) is 9.50. The molecule has 2 aliphatic carbocycles. The smallest absolute Gasteiger partial charge is 0.0548 e. The van der Waals surface area contributed by atoms with E-state index >= 15 is 0 Å². The molecule has 0 spiro atoms. The van der Waals surface area contributed by atoms with E-state index in [9.17, 15) is 0 Å². The standard InChI is InChI=1S/C19H23N/c1-11(2)18-14(5)15-7-6-8-20-19(15)17-10-13(4)12(3)9-16(17)18/h6-10,12,14,17-18H,1H2,2-5H3. The van der Waals surface area contributed by atoms with Crippen LogP contribution in [0.15, 0.2) is 53.8 Å². The Hall–Kier alpha value is -1.63. The monoisotopic (exact) mass is 265 g/mol. The number of aromatic nitrogens is 1. The van der Waals surface area contributed by atoms with E-state index in [1.807, 2.05) is 6.20 Å². The largest absolute Gasteiger partial charge is 0.260 e. The van der Waals surface area contributed by atoms with E-state index < -0.39 is 0 Å². The predicted molar refractivity (Wildman–Crippen MR) is 84.7 cm³/mol. The van der Waals surface area contributed by atoms with Crippen molar-refractivity contribution in [1.82, 2.24) is 4.98 Å². The number of hydrogen-bond donors (Lipinski definition) is 0. The van der Waals surface area contributed by atoms with Gasteiger partial charge in [-0.1, -0.05) is 55.4 Å². The van der Waals surface area contributed by atoms with Crippen LogP contribution in [-0.4, -0.2) is 4.98 Å². The van der Waals surface area contributed by atoms with Crippen LogP contribution >= 0.6 is 0 Å². The molecule has 3 rings (SSSR count). The first kappa shape index (κ1) is 13.4. The molecular formula is C19H23N. The number of pyridine rings is 1. The van der Waals surface area contributed by atoms with Gasteiger partial charge in [0.1, 0.15) is 0 Å². The number of rotatable bonds is 1. The molecule has 4 atom stereocenters. The number of allylic oxidation sites excluding steroid dienone is 5. The molecule has 20 heavy (non-hydrogen) atoms. The number of fused-ring (bicyclic) bond motifs is 3. The van der Waals surface area contributed by atoms with Crippen molar-refractivity contribution in [3.63, 3.8) is 0 Å². The zero-order valence-corrected chi connectivity index (χ0v) is 12.9. The summed E-state index contributed by atoms with van der Waals surface area (Å²) in [7, 11) is 0. The molecule has 104 valence electrons. The molecule has 0 radical (unpaired) electrons. The second-order valence-corrected chi connectivity index (χ2v) is 6.43. The summed E-state index contributed by atoms with van der Waals surface area (Å²) in [6.45, 7) is 13.2. The molecule has 1 aromatic heterocycles. The topological polar surface area (TPSA) is 12.9 Å². The van der Waals surface area contributed by atoms with Gasteiger partial charge in [0.25, 0.3) is 0 Å². The van der Waals surface area contributed by atoms with Gasteiger partial charge in [0.15, 0.2) is 0 Å². The normalized spacial score (nSPS) is 31.8. The third kappa shape index (κ3) is 1.88. The van der Waals surface area contributed by atoms with Gasteiger partial charge in [-0.05, 0) is 37.3 Å². The SMILES string of the molecule is C=C(C)C1C2=CC(C)C(C)=CC2c2ncccc2C1C. The van der Waals surface area contributed by atoms with Crippen LogP contribution in [0.25, 0.3) is 0 Å². The fourth-order valence-corrected chi connectivity index (χ4v) is 3.82. The maximum Gasteiger partial charge on any atom is 0.0548 e. The molecule has 0 aliphatic heterocycles. The Bertz CT molecular complexity index is 620. The van der Waals surface area contributed by atoms with Gasteiger partial charge in [-0.3, -0.25) is 4.98 Å². The lowest BCUT2D eigenvalue weighted by Crippen LogP contribution is -2.28. The van der Waals surface area contributed by atoms with Gasteiger partial charge >= 0.3 is 0 Å². The van der Waals surface area contributed by atoms with E-state index in [0.717, 1.165) is 0 Å². The van der Waals surface area contributed by atoms with Crippen molar-refractivity contribution in [3.05, 3.63) is 65.0 Å². The number of hydrogen-bond acceptors (Lipinski definition) is 1. The Morgan fingerprint density at radius 1 is 1.25 bits per heavy atom. The van der Waals surface area contributed by atoms with Crippen LogP contribution in [0.3, 0.4) is 0 Å². The van der Waals surface area contributed by atoms with Crippen LogP contribution < -0.4 is 0 Å². The van der Waals surface area contributed by atoms with Gasteiger partial charge in [-0.15, -0.1) is 0 Å². The Kier molecular flexibility index (Phi) is 3.16. The fourth-order valence-electron chi connectivity index (χ4n) is 3.82. The molecule has 2 aliphatic rings. The van der Waals surface area contributed by atoms with E-state index in [1.54, 1.807) is 0 Å². The van der Waals surface area contributed by atoms with Crippen molar-refractivity contribution < 1.29 is 0 Å².